The third kappa shape index (κ3) is 3.83. The van der Waals surface area contributed by atoms with E-state index in [1.54, 1.807) is 4.90 Å². The molecule has 4 aliphatic heterocycles. The Kier molecular flexibility index (Phi) is 4.80. The van der Waals surface area contributed by atoms with E-state index in [-0.39, 0.29) is 42.0 Å². The minimum absolute atomic E-state index is 0.00873. The quantitative estimate of drug-likeness (QED) is 0.626. The van der Waals surface area contributed by atoms with Crippen LogP contribution in [0.1, 0.15) is 40.0 Å². The Morgan fingerprint density at radius 3 is 2.54 bits per heavy atom. The van der Waals surface area contributed by atoms with Gasteiger partial charge in [-0.15, -0.1) is 0 Å². The van der Waals surface area contributed by atoms with Crippen molar-refractivity contribution in [2.45, 2.75) is 51.7 Å². The highest BCUT2D eigenvalue weighted by molar-refractivity contribution is 5.81. The number of carbonyl (C=O) groups excluding carboxylic acids is 3. The number of hydrogen-bond acceptors (Lipinski definition) is 5. The van der Waals surface area contributed by atoms with Crippen LogP contribution in [0.25, 0.3) is 0 Å². The third-order valence-corrected chi connectivity index (χ3v) is 6.30. The molecule has 156 valence electrons. The molecule has 4 heterocycles. The Balaban J connectivity index is 1.28. The highest BCUT2D eigenvalue weighted by atomic mass is 16.6. The van der Waals surface area contributed by atoms with Crippen LogP contribution in [-0.2, 0) is 14.3 Å². The summed E-state index contributed by atoms with van der Waals surface area (Å²) in [5.41, 5.74) is -0.483. The van der Waals surface area contributed by atoms with Gasteiger partial charge in [0.2, 0.25) is 0 Å². The van der Waals surface area contributed by atoms with Gasteiger partial charge in [-0.1, -0.05) is 0 Å². The molecule has 2 atom stereocenters. The molecule has 8 heteroatoms. The van der Waals surface area contributed by atoms with Crippen LogP contribution in [0.15, 0.2) is 0 Å². The summed E-state index contributed by atoms with van der Waals surface area (Å²) in [4.78, 5) is 42.4. The average molecular weight is 393 g/mol. The van der Waals surface area contributed by atoms with Crippen molar-refractivity contribution in [3.63, 3.8) is 0 Å². The SMILES string of the molecule is CC(C)(C)OC(=O)N1CC2(CCN(C(=O)N3CC[C@@H]4OCC(=O)C[C@@H]4C3)C2)C1. The van der Waals surface area contributed by atoms with Gasteiger partial charge in [0, 0.05) is 57.0 Å². The summed E-state index contributed by atoms with van der Waals surface area (Å²) in [6, 6.07) is 0.0593. The first-order valence-corrected chi connectivity index (χ1v) is 10.3. The molecule has 4 aliphatic rings. The first-order chi connectivity index (χ1) is 13.1. The summed E-state index contributed by atoms with van der Waals surface area (Å²) in [7, 11) is 0. The standard InChI is InChI=1S/C20H31N3O5/c1-19(2,3)28-18(26)23-12-20(13-23)5-7-22(11-20)17(25)21-6-4-16-14(9-21)8-15(24)10-27-16/h14,16H,4-13H2,1-3H3/t14-,16+/m1/s1. The predicted octanol–water partition coefficient (Wildman–Crippen LogP) is 1.73. The van der Waals surface area contributed by atoms with Gasteiger partial charge in [-0.3, -0.25) is 4.79 Å². The molecule has 0 aromatic heterocycles. The number of hydrogen-bond donors (Lipinski definition) is 0. The minimum Gasteiger partial charge on any atom is -0.444 e. The highest BCUT2D eigenvalue weighted by Gasteiger charge is 2.52. The molecule has 0 saturated carbocycles. The fourth-order valence-corrected chi connectivity index (χ4v) is 4.93. The van der Waals surface area contributed by atoms with Gasteiger partial charge in [-0.25, -0.2) is 9.59 Å². The van der Waals surface area contributed by atoms with E-state index >= 15 is 0 Å². The number of likely N-dealkylation sites (tertiary alicyclic amines) is 3. The number of rotatable bonds is 0. The maximum atomic E-state index is 13.0. The number of Topliss-reactive ketones (excluding diaryl/α,β-unsaturated/α-hetero) is 1. The first-order valence-electron chi connectivity index (χ1n) is 10.3. The number of ketones is 1. The zero-order valence-corrected chi connectivity index (χ0v) is 17.1. The van der Waals surface area contributed by atoms with Crippen LogP contribution >= 0.6 is 0 Å². The maximum Gasteiger partial charge on any atom is 0.410 e. The third-order valence-electron chi connectivity index (χ3n) is 6.30. The Morgan fingerprint density at radius 1 is 1.11 bits per heavy atom. The van der Waals surface area contributed by atoms with Crippen molar-refractivity contribution in [2.24, 2.45) is 11.3 Å². The molecule has 0 aromatic rings. The van der Waals surface area contributed by atoms with Gasteiger partial charge in [0.05, 0.1) is 6.10 Å². The van der Waals surface area contributed by atoms with Gasteiger partial charge in [-0.2, -0.15) is 0 Å². The topological polar surface area (TPSA) is 79.4 Å². The lowest BCUT2D eigenvalue weighted by atomic mass is 9.79. The van der Waals surface area contributed by atoms with Gasteiger partial charge >= 0.3 is 12.1 Å². The molecular weight excluding hydrogens is 362 g/mol. The number of carbonyl (C=O) groups is 3. The summed E-state index contributed by atoms with van der Waals surface area (Å²) < 4.78 is 11.1. The number of nitrogens with zero attached hydrogens (tertiary/aromatic N) is 3. The average Bonchev–Trinajstić information content (AvgIpc) is 3.03. The molecule has 4 saturated heterocycles. The predicted molar refractivity (Wildman–Crippen MR) is 101 cm³/mol. The van der Waals surface area contributed by atoms with Gasteiger partial charge < -0.3 is 24.2 Å². The second-order valence-electron chi connectivity index (χ2n) is 9.88. The monoisotopic (exact) mass is 393 g/mol. The summed E-state index contributed by atoms with van der Waals surface area (Å²) >= 11 is 0. The smallest absolute Gasteiger partial charge is 0.410 e. The van der Waals surface area contributed by atoms with Gasteiger partial charge in [0.15, 0.2) is 5.78 Å². The molecule has 0 aromatic carbocycles. The molecule has 0 bridgehead atoms. The lowest BCUT2D eigenvalue weighted by molar-refractivity contribution is -0.139. The fraction of sp³-hybridized carbons (Fsp3) is 0.850. The van der Waals surface area contributed by atoms with Crippen LogP contribution in [-0.4, -0.2) is 90.2 Å². The molecular formula is C20H31N3O5. The Labute approximate surface area is 166 Å². The minimum atomic E-state index is -0.492. The zero-order valence-electron chi connectivity index (χ0n) is 17.1. The molecule has 0 radical (unpaired) electrons. The summed E-state index contributed by atoms with van der Waals surface area (Å²) in [6.07, 6.45) is 2.07. The van der Waals surface area contributed by atoms with E-state index in [4.69, 9.17) is 9.47 Å². The number of piperidine rings is 1. The lowest BCUT2D eigenvalue weighted by Gasteiger charge is -2.48. The molecule has 0 N–H and O–H groups in total. The summed E-state index contributed by atoms with van der Waals surface area (Å²) in [5.74, 6) is 0.259. The molecule has 28 heavy (non-hydrogen) atoms. The van der Waals surface area contributed by atoms with E-state index in [1.165, 1.54) is 0 Å². The Hall–Kier alpha value is -1.83. The molecule has 0 aliphatic carbocycles. The van der Waals surface area contributed by atoms with Crippen LogP contribution in [0.2, 0.25) is 0 Å². The lowest BCUT2D eigenvalue weighted by Crippen LogP contribution is -2.61. The first kappa shape index (κ1) is 19.5. The van der Waals surface area contributed by atoms with Crippen molar-refractivity contribution in [2.75, 3.05) is 45.9 Å². The normalized spacial score (nSPS) is 29.5. The number of fused-ring (bicyclic) bond motifs is 1. The highest BCUT2D eigenvalue weighted by Crippen LogP contribution is 2.40. The van der Waals surface area contributed by atoms with Crippen molar-refractivity contribution >= 4 is 17.9 Å². The van der Waals surface area contributed by atoms with Crippen molar-refractivity contribution in [3.8, 4) is 0 Å². The van der Waals surface area contributed by atoms with Gasteiger partial charge in [0.1, 0.15) is 12.2 Å². The van der Waals surface area contributed by atoms with E-state index < -0.39 is 5.60 Å². The number of urea groups is 1. The molecule has 3 amide bonds. The van der Waals surface area contributed by atoms with Gasteiger partial charge in [-0.05, 0) is 33.6 Å². The summed E-state index contributed by atoms with van der Waals surface area (Å²) in [6.45, 7) is 9.81. The largest absolute Gasteiger partial charge is 0.444 e. The van der Waals surface area contributed by atoms with E-state index in [2.05, 4.69) is 0 Å². The van der Waals surface area contributed by atoms with E-state index in [0.717, 1.165) is 19.4 Å². The zero-order chi connectivity index (χ0) is 20.1. The van der Waals surface area contributed by atoms with E-state index in [9.17, 15) is 14.4 Å². The molecule has 1 spiro atoms. The van der Waals surface area contributed by atoms with Crippen molar-refractivity contribution in [1.29, 1.82) is 0 Å². The van der Waals surface area contributed by atoms with Crippen LogP contribution in [0.4, 0.5) is 9.59 Å². The second-order valence-corrected chi connectivity index (χ2v) is 9.88. The molecule has 8 nitrogen and oxygen atoms in total. The molecule has 4 fully saturated rings. The van der Waals surface area contributed by atoms with Crippen molar-refractivity contribution in [3.05, 3.63) is 0 Å². The van der Waals surface area contributed by atoms with Crippen LogP contribution in [0, 0.1) is 11.3 Å². The maximum absolute atomic E-state index is 13.0. The van der Waals surface area contributed by atoms with Crippen molar-refractivity contribution in [1.82, 2.24) is 14.7 Å². The fourth-order valence-electron chi connectivity index (χ4n) is 4.93. The second kappa shape index (κ2) is 6.90. The van der Waals surface area contributed by atoms with Crippen LogP contribution < -0.4 is 0 Å². The molecule has 0 unspecified atom stereocenters. The molecule has 4 rings (SSSR count). The van der Waals surface area contributed by atoms with Crippen LogP contribution in [0.5, 0.6) is 0 Å². The number of ether oxygens (including phenoxy) is 2. The van der Waals surface area contributed by atoms with Crippen molar-refractivity contribution < 1.29 is 23.9 Å². The Morgan fingerprint density at radius 2 is 1.82 bits per heavy atom. The summed E-state index contributed by atoms with van der Waals surface area (Å²) in [5, 5.41) is 0. The van der Waals surface area contributed by atoms with E-state index in [0.29, 0.717) is 39.1 Å². The van der Waals surface area contributed by atoms with Gasteiger partial charge in [0.25, 0.3) is 0 Å². The van der Waals surface area contributed by atoms with E-state index in [1.807, 2.05) is 30.6 Å². The van der Waals surface area contributed by atoms with Crippen LogP contribution in [0.3, 0.4) is 0 Å². The Bertz CT molecular complexity index is 667. The number of amides is 3.